The van der Waals surface area contributed by atoms with Crippen LogP contribution in [0.2, 0.25) is 0 Å². The van der Waals surface area contributed by atoms with Crippen molar-refractivity contribution in [1.29, 1.82) is 0 Å². The SMILES string of the molecule is c1cc(-c2nc(-c3ccc4c(c3)ncn4C3CCCC3)no2)ccn1. The van der Waals surface area contributed by atoms with E-state index in [0.717, 1.165) is 16.6 Å². The summed E-state index contributed by atoms with van der Waals surface area (Å²) in [5, 5.41) is 4.11. The fourth-order valence-corrected chi connectivity index (χ4v) is 3.60. The summed E-state index contributed by atoms with van der Waals surface area (Å²) in [7, 11) is 0. The molecule has 0 N–H and O–H groups in total. The second kappa shape index (κ2) is 5.81. The number of aromatic nitrogens is 5. The summed E-state index contributed by atoms with van der Waals surface area (Å²) >= 11 is 0. The standard InChI is InChI=1S/C19H17N5O/c1-2-4-15(3-1)24-12-21-16-11-14(5-6-17(16)24)18-22-19(25-23-18)13-7-9-20-10-8-13/h5-12,15H,1-4H2. The predicted octanol–water partition coefficient (Wildman–Crippen LogP) is 4.26. The van der Waals surface area contributed by atoms with E-state index in [-0.39, 0.29) is 0 Å². The van der Waals surface area contributed by atoms with Gasteiger partial charge in [0, 0.05) is 29.6 Å². The number of nitrogens with zero attached hydrogens (tertiary/aromatic N) is 5. The normalized spacial score (nSPS) is 15.2. The lowest BCUT2D eigenvalue weighted by molar-refractivity contribution is 0.432. The van der Waals surface area contributed by atoms with Crippen LogP contribution < -0.4 is 0 Å². The first-order valence-corrected chi connectivity index (χ1v) is 8.59. The minimum absolute atomic E-state index is 0.494. The maximum Gasteiger partial charge on any atom is 0.258 e. The van der Waals surface area contributed by atoms with Gasteiger partial charge in [-0.05, 0) is 43.2 Å². The fraction of sp³-hybridized carbons (Fsp3) is 0.263. The van der Waals surface area contributed by atoms with Crippen LogP contribution >= 0.6 is 0 Å². The molecule has 0 bridgehead atoms. The molecule has 3 heterocycles. The van der Waals surface area contributed by atoms with Crippen molar-refractivity contribution >= 4 is 11.0 Å². The van der Waals surface area contributed by atoms with E-state index in [9.17, 15) is 0 Å². The molecule has 0 saturated heterocycles. The highest BCUT2D eigenvalue weighted by atomic mass is 16.5. The maximum atomic E-state index is 5.39. The van der Waals surface area contributed by atoms with Crippen molar-refractivity contribution in [2.75, 3.05) is 0 Å². The van der Waals surface area contributed by atoms with Gasteiger partial charge >= 0.3 is 0 Å². The molecule has 0 radical (unpaired) electrons. The molecule has 1 aliphatic rings. The highest BCUT2D eigenvalue weighted by Gasteiger charge is 2.19. The highest BCUT2D eigenvalue weighted by Crippen LogP contribution is 2.33. The Morgan fingerprint density at radius 3 is 2.68 bits per heavy atom. The molecule has 0 spiro atoms. The summed E-state index contributed by atoms with van der Waals surface area (Å²) in [5.74, 6) is 1.07. The van der Waals surface area contributed by atoms with Crippen molar-refractivity contribution in [1.82, 2.24) is 24.7 Å². The van der Waals surface area contributed by atoms with Crippen molar-refractivity contribution in [3.05, 3.63) is 49.1 Å². The smallest absolute Gasteiger partial charge is 0.258 e. The van der Waals surface area contributed by atoms with Crippen LogP contribution in [0.3, 0.4) is 0 Å². The number of pyridine rings is 1. The molecule has 6 nitrogen and oxygen atoms in total. The Balaban J connectivity index is 1.50. The number of fused-ring (bicyclic) bond motifs is 1. The third kappa shape index (κ3) is 2.50. The molecule has 1 aromatic carbocycles. The van der Waals surface area contributed by atoms with Crippen LogP contribution in [-0.4, -0.2) is 24.7 Å². The minimum Gasteiger partial charge on any atom is -0.334 e. The van der Waals surface area contributed by atoms with Gasteiger partial charge in [0.2, 0.25) is 5.82 Å². The Morgan fingerprint density at radius 2 is 1.84 bits per heavy atom. The zero-order valence-electron chi connectivity index (χ0n) is 13.7. The zero-order valence-corrected chi connectivity index (χ0v) is 13.7. The van der Waals surface area contributed by atoms with Crippen molar-refractivity contribution in [2.24, 2.45) is 0 Å². The number of hydrogen-bond acceptors (Lipinski definition) is 5. The summed E-state index contributed by atoms with van der Waals surface area (Å²) in [5.41, 5.74) is 3.92. The van der Waals surface area contributed by atoms with Gasteiger partial charge in [0.1, 0.15) is 0 Å². The molecule has 4 aromatic rings. The van der Waals surface area contributed by atoms with Crippen LogP contribution in [0, 0.1) is 0 Å². The summed E-state index contributed by atoms with van der Waals surface area (Å²) in [6, 6.07) is 10.5. The van der Waals surface area contributed by atoms with E-state index in [2.05, 4.69) is 30.7 Å². The van der Waals surface area contributed by atoms with Gasteiger partial charge in [-0.3, -0.25) is 4.98 Å². The lowest BCUT2D eigenvalue weighted by Gasteiger charge is -2.11. The third-order valence-corrected chi connectivity index (χ3v) is 4.90. The topological polar surface area (TPSA) is 69.6 Å². The summed E-state index contributed by atoms with van der Waals surface area (Å²) in [6.07, 6.45) is 10.5. The van der Waals surface area contributed by atoms with Gasteiger partial charge in [0.25, 0.3) is 5.89 Å². The quantitative estimate of drug-likeness (QED) is 0.561. The first kappa shape index (κ1) is 14.3. The van der Waals surface area contributed by atoms with Crippen LogP contribution in [0.25, 0.3) is 33.9 Å². The molecular weight excluding hydrogens is 314 g/mol. The van der Waals surface area contributed by atoms with Crippen LogP contribution in [0.15, 0.2) is 53.6 Å². The molecule has 1 saturated carbocycles. The van der Waals surface area contributed by atoms with Gasteiger partial charge in [-0.1, -0.05) is 18.0 Å². The van der Waals surface area contributed by atoms with Crippen molar-refractivity contribution in [3.63, 3.8) is 0 Å². The second-order valence-corrected chi connectivity index (χ2v) is 6.45. The molecule has 3 aromatic heterocycles. The Bertz CT molecular complexity index is 1010. The van der Waals surface area contributed by atoms with Crippen LogP contribution in [0.5, 0.6) is 0 Å². The summed E-state index contributed by atoms with van der Waals surface area (Å²) < 4.78 is 7.70. The number of hydrogen-bond donors (Lipinski definition) is 0. The molecule has 0 unspecified atom stereocenters. The fourth-order valence-electron chi connectivity index (χ4n) is 3.60. The summed E-state index contributed by atoms with van der Waals surface area (Å²) in [4.78, 5) is 13.1. The molecule has 124 valence electrons. The Labute approximate surface area is 144 Å². The molecule has 0 amide bonds. The number of rotatable bonds is 3. The Morgan fingerprint density at radius 1 is 1.00 bits per heavy atom. The van der Waals surface area contributed by atoms with Crippen molar-refractivity contribution in [3.8, 4) is 22.8 Å². The molecule has 1 aliphatic carbocycles. The average Bonchev–Trinajstić information content (AvgIpc) is 3.41. The van der Waals surface area contributed by atoms with Crippen LogP contribution in [0.4, 0.5) is 0 Å². The molecule has 0 aliphatic heterocycles. The van der Waals surface area contributed by atoms with Gasteiger partial charge in [0.15, 0.2) is 0 Å². The lowest BCUT2D eigenvalue weighted by Crippen LogP contribution is -2.02. The van der Waals surface area contributed by atoms with Gasteiger partial charge in [0.05, 0.1) is 17.4 Å². The van der Waals surface area contributed by atoms with E-state index < -0.39 is 0 Å². The highest BCUT2D eigenvalue weighted by molar-refractivity contribution is 5.81. The van der Waals surface area contributed by atoms with Crippen LogP contribution in [0.1, 0.15) is 31.7 Å². The van der Waals surface area contributed by atoms with Crippen LogP contribution in [-0.2, 0) is 0 Å². The van der Waals surface area contributed by atoms with Gasteiger partial charge < -0.3 is 9.09 Å². The van der Waals surface area contributed by atoms with E-state index in [1.807, 2.05) is 30.6 Å². The first-order valence-electron chi connectivity index (χ1n) is 8.59. The first-order chi connectivity index (χ1) is 12.4. The predicted molar refractivity (Wildman–Crippen MR) is 93.8 cm³/mol. The van der Waals surface area contributed by atoms with E-state index >= 15 is 0 Å². The maximum absolute atomic E-state index is 5.39. The van der Waals surface area contributed by atoms with Gasteiger partial charge in [-0.15, -0.1) is 0 Å². The molecule has 0 atom stereocenters. The van der Waals surface area contributed by atoms with Gasteiger partial charge in [-0.2, -0.15) is 4.98 Å². The van der Waals surface area contributed by atoms with Gasteiger partial charge in [-0.25, -0.2) is 4.98 Å². The van der Waals surface area contributed by atoms with E-state index in [4.69, 9.17) is 4.52 Å². The third-order valence-electron chi connectivity index (χ3n) is 4.90. The Kier molecular flexibility index (Phi) is 3.33. The average molecular weight is 331 g/mol. The zero-order chi connectivity index (χ0) is 16.6. The largest absolute Gasteiger partial charge is 0.334 e. The van der Waals surface area contributed by atoms with E-state index in [0.29, 0.717) is 17.8 Å². The summed E-state index contributed by atoms with van der Waals surface area (Å²) in [6.45, 7) is 0. The monoisotopic (exact) mass is 331 g/mol. The lowest BCUT2D eigenvalue weighted by atomic mass is 10.1. The minimum atomic E-state index is 0.494. The van der Waals surface area contributed by atoms with Crippen molar-refractivity contribution < 1.29 is 4.52 Å². The molecule has 6 heteroatoms. The van der Waals surface area contributed by atoms with E-state index in [1.165, 1.54) is 31.2 Å². The van der Waals surface area contributed by atoms with E-state index in [1.54, 1.807) is 12.4 Å². The Hall–Kier alpha value is -3.02. The molecule has 1 fully saturated rings. The van der Waals surface area contributed by atoms with Crippen molar-refractivity contribution in [2.45, 2.75) is 31.7 Å². The molecule has 25 heavy (non-hydrogen) atoms. The molecule has 5 rings (SSSR count). The molecular formula is C19H17N5O. The second-order valence-electron chi connectivity index (χ2n) is 6.45. The number of imidazole rings is 1. The number of benzene rings is 1.